The maximum absolute atomic E-state index is 12.7. The van der Waals surface area contributed by atoms with E-state index in [1.807, 2.05) is 0 Å². The van der Waals surface area contributed by atoms with Crippen molar-refractivity contribution in [1.29, 1.82) is 0 Å². The predicted octanol–water partition coefficient (Wildman–Crippen LogP) is 5.00. The Hall–Kier alpha value is -3.96. The Balaban J connectivity index is 1.74. The summed E-state index contributed by atoms with van der Waals surface area (Å²) in [5, 5.41) is 50.2. The standard InChI is InChI=1S/C26H25N5O19S6/c27-23-22-15(13-21(55(39,40)41)25(23)31-29-17-2-1-3-19(14-17)54(37,38)11-9-46-56(42,43)44)12-20(51-49-47-33)24(26(22)32)30-28-16-4-6-18(7-5-16)53(35,36)10-8-45-52-50-48-34/h1-7,12-14,32-34H,8-11,27H2,(H,39,40,41)(H,42,43,44). The first-order valence-corrected chi connectivity index (χ1v) is 21.9. The quantitative estimate of drug-likeness (QED) is 0.0129. The molecule has 0 aliphatic carbocycles. The molecule has 0 aliphatic heterocycles. The van der Waals surface area contributed by atoms with Crippen molar-refractivity contribution in [2.24, 2.45) is 20.5 Å². The molecule has 0 unspecified atom stereocenters. The molecule has 0 spiro atoms. The number of fused-ring (bicyclic) bond motifs is 1. The largest absolute Gasteiger partial charge is 0.505 e. The lowest BCUT2D eigenvalue weighted by Gasteiger charge is -2.14. The van der Waals surface area contributed by atoms with Gasteiger partial charge < -0.3 is 10.8 Å². The number of rotatable bonds is 20. The molecular weight excluding hydrogens is 879 g/mol. The molecule has 4 aromatic carbocycles. The summed E-state index contributed by atoms with van der Waals surface area (Å²) in [7, 11) is -18.1. The van der Waals surface area contributed by atoms with Gasteiger partial charge >= 0.3 is 10.4 Å². The molecule has 0 amide bonds. The third kappa shape index (κ3) is 12.0. The van der Waals surface area contributed by atoms with Crippen LogP contribution in [0.1, 0.15) is 0 Å². The van der Waals surface area contributed by atoms with Gasteiger partial charge in [0.05, 0.1) is 73.9 Å². The summed E-state index contributed by atoms with van der Waals surface area (Å²) in [6.07, 6.45) is 0. The predicted molar refractivity (Wildman–Crippen MR) is 192 cm³/mol. The first kappa shape index (κ1) is 44.8. The van der Waals surface area contributed by atoms with Crippen molar-refractivity contribution in [2.75, 3.05) is 30.5 Å². The van der Waals surface area contributed by atoms with Crippen molar-refractivity contribution < 1.29 is 85.5 Å². The molecule has 0 bridgehead atoms. The lowest BCUT2D eigenvalue weighted by atomic mass is 10.1. The molecule has 4 rings (SSSR count). The number of hydrogen-bond acceptors (Lipinski definition) is 24. The number of nitrogens with two attached hydrogens (primary N) is 1. The number of phenolic OH excluding ortho intramolecular Hbond substituents is 1. The van der Waals surface area contributed by atoms with Gasteiger partial charge in [-0.1, -0.05) is 16.1 Å². The van der Waals surface area contributed by atoms with Crippen LogP contribution in [-0.4, -0.2) is 83.1 Å². The molecule has 7 N–H and O–H groups in total. The van der Waals surface area contributed by atoms with E-state index >= 15 is 0 Å². The van der Waals surface area contributed by atoms with Gasteiger partial charge in [-0.05, 0) is 60.0 Å². The number of nitrogen functional groups attached to an aromatic ring is 1. The summed E-state index contributed by atoms with van der Waals surface area (Å²) in [5.74, 6) is -2.14. The Kier molecular flexibility index (Phi) is 15.2. The number of azo groups is 2. The number of aromatic hydroxyl groups is 1. The Morgan fingerprint density at radius 2 is 1.32 bits per heavy atom. The third-order valence-corrected chi connectivity index (χ3v) is 12.5. The summed E-state index contributed by atoms with van der Waals surface area (Å²) in [6.45, 7) is -1.26. The molecule has 30 heteroatoms. The average Bonchev–Trinajstić information content (AvgIpc) is 3.12. The molecule has 0 radical (unpaired) electrons. The van der Waals surface area contributed by atoms with Gasteiger partial charge in [-0.25, -0.2) is 31.5 Å². The fourth-order valence-electron chi connectivity index (χ4n) is 4.39. The Morgan fingerprint density at radius 3 is 1.96 bits per heavy atom. The number of nitrogens with zero attached hydrogens (tertiary/aromatic N) is 4. The smallest absolute Gasteiger partial charge is 0.397 e. The zero-order valence-electron chi connectivity index (χ0n) is 27.4. The SMILES string of the molecule is Nc1c(N=Nc2cccc(S(=O)(=O)CCOS(=O)(=O)O)c2)c(S(=O)(=O)O)cc2cc(SOOO)c(N=Nc3ccc(S(=O)(=O)CCOSOOO)cc3)c(O)c12. The first-order valence-electron chi connectivity index (χ1n) is 14.4. The van der Waals surface area contributed by atoms with E-state index in [-0.39, 0.29) is 62.9 Å². The highest BCUT2D eigenvalue weighted by atomic mass is 32.3. The Labute approximate surface area is 324 Å². The Bertz CT molecular complexity index is 2570. The van der Waals surface area contributed by atoms with Crippen LogP contribution in [0.5, 0.6) is 5.75 Å². The average molecular weight is 904 g/mol. The highest BCUT2D eigenvalue weighted by molar-refractivity contribution is 7.94. The molecule has 0 atom stereocenters. The van der Waals surface area contributed by atoms with Crippen LogP contribution >= 0.6 is 24.4 Å². The molecule has 56 heavy (non-hydrogen) atoms. The Morgan fingerprint density at radius 1 is 0.696 bits per heavy atom. The summed E-state index contributed by atoms with van der Waals surface area (Å²) in [5.41, 5.74) is 4.40. The maximum atomic E-state index is 12.7. The van der Waals surface area contributed by atoms with E-state index in [1.165, 1.54) is 36.4 Å². The zero-order chi connectivity index (χ0) is 41.3. The van der Waals surface area contributed by atoms with Gasteiger partial charge in [0.2, 0.25) is 0 Å². The summed E-state index contributed by atoms with van der Waals surface area (Å²) >= 11 is 0.465. The number of hydrogen-bond donors (Lipinski definition) is 6. The van der Waals surface area contributed by atoms with Gasteiger partial charge in [-0.2, -0.15) is 27.1 Å². The lowest BCUT2D eigenvalue weighted by molar-refractivity contribution is -0.434. The van der Waals surface area contributed by atoms with E-state index in [1.54, 1.807) is 0 Å². The molecule has 0 fully saturated rings. The summed E-state index contributed by atoms with van der Waals surface area (Å²) < 4.78 is 133. The van der Waals surface area contributed by atoms with Crippen LogP contribution in [0.2, 0.25) is 0 Å². The van der Waals surface area contributed by atoms with Crippen molar-refractivity contribution in [1.82, 2.24) is 0 Å². The van der Waals surface area contributed by atoms with E-state index in [9.17, 15) is 43.3 Å². The van der Waals surface area contributed by atoms with Crippen LogP contribution in [0.25, 0.3) is 10.8 Å². The minimum atomic E-state index is -5.14. The normalized spacial score (nSPS) is 13.0. The van der Waals surface area contributed by atoms with E-state index in [0.29, 0.717) is 0 Å². The second-order valence-electron chi connectivity index (χ2n) is 10.3. The first-order chi connectivity index (χ1) is 26.3. The van der Waals surface area contributed by atoms with Crippen LogP contribution in [0.15, 0.2) is 101 Å². The van der Waals surface area contributed by atoms with Gasteiger partial charge in [0.25, 0.3) is 10.1 Å². The molecule has 0 aliphatic rings. The van der Waals surface area contributed by atoms with E-state index in [2.05, 4.69) is 43.4 Å². The van der Waals surface area contributed by atoms with Crippen LogP contribution in [0.3, 0.4) is 0 Å². The fourth-order valence-corrected chi connectivity index (χ4v) is 8.49. The number of sulfone groups is 2. The maximum Gasteiger partial charge on any atom is 0.397 e. The molecule has 0 aromatic heterocycles. The monoisotopic (exact) mass is 903 g/mol. The van der Waals surface area contributed by atoms with Crippen LogP contribution < -0.4 is 5.73 Å². The van der Waals surface area contributed by atoms with Gasteiger partial charge in [0, 0.05) is 0 Å². The van der Waals surface area contributed by atoms with Gasteiger partial charge in [-0.3, -0.25) is 13.3 Å². The van der Waals surface area contributed by atoms with Crippen LogP contribution in [0, 0.1) is 0 Å². The summed E-state index contributed by atoms with van der Waals surface area (Å²) in [4.78, 5) is -1.63. The molecule has 0 saturated carbocycles. The van der Waals surface area contributed by atoms with Gasteiger partial charge in [-0.15, -0.1) is 18.9 Å². The van der Waals surface area contributed by atoms with Gasteiger partial charge in [0.1, 0.15) is 16.3 Å². The summed E-state index contributed by atoms with van der Waals surface area (Å²) in [6, 6.07) is 11.4. The highest BCUT2D eigenvalue weighted by Crippen LogP contribution is 2.49. The van der Waals surface area contributed by atoms with E-state index in [0.717, 1.165) is 24.3 Å². The number of anilines is 1. The van der Waals surface area contributed by atoms with Crippen molar-refractivity contribution in [3.05, 3.63) is 60.7 Å². The molecule has 0 saturated heterocycles. The van der Waals surface area contributed by atoms with E-state index in [4.69, 9.17) is 25.0 Å². The molecule has 4 aromatic rings. The zero-order valence-corrected chi connectivity index (χ0v) is 32.3. The molecule has 0 heterocycles. The van der Waals surface area contributed by atoms with Gasteiger partial charge in [0.15, 0.2) is 37.7 Å². The molecular formula is C26H25N5O19S6. The second-order valence-corrected chi connectivity index (χ2v) is 18.3. The van der Waals surface area contributed by atoms with Crippen LogP contribution in [0.4, 0.5) is 28.4 Å². The lowest BCUT2D eigenvalue weighted by Crippen LogP contribution is -2.15. The minimum absolute atomic E-state index is 0.0541. The van der Waals surface area contributed by atoms with E-state index < -0.39 is 90.9 Å². The molecule has 24 nitrogen and oxygen atoms in total. The van der Waals surface area contributed by atoms with Crippen molar-refractivity contribution in [2.45, 2.75) is 19.6 Å². The fraction of sp³-hybridized carbons (Fsp3) is 0.154. The number of phenols is 1. The van der Waals surface area contributed by atoms with Crippen molar-refractivity contribution in [3.8, 4) is 5.75 Å². The highest BCUT2D eigenvalue weighted by Gasteiger charge is 2.26. The van der Waals surface area contributed by atoms with Crippen molar-refractivity contribution in [3.63, 3.8) is 0 Å². The third-order valence-electron chi connectivity index (χ3n) is 6.78. The minimum Gasteiger partial charge on any atom is -0.505 e. The van der Waals surface area contributed by atoms with Crippen molar-refractivity contribution >= 4 is 104 Å². The molecule has 304 valence electrons. The van der Waals surface area contributed by atoms with Crippen LogP contribution in [-0.2, 0) is 67.3 Å². The second kappa shape index (κ2) is 19.0. The topological polar surface area (TPSA) is 369 Å². The number of benzene rings is 4.